The van der Waals surface area contributed by atoms with Gasteiger partial charge in [-0.2, -0.15) is 0 Å². The SMILES string of the molecule is Cc1nc(NC(=O)COC(=O)Cc2c(F)cccc2Cl)c(Cl)cc1Cl. The van der Waals surface area contributed by atoms with Gasteiger partial charge in [-0.3, -0.25) is 9.59 Å². The van der Waals surface area contributed by atoms with E-state index in [0.29, 0.717) is 10.7 Å². The molecule has 1 amide bonds. The van der Waals surface area contributed by atoms with Crippen LogP contribution in [-0.2, 0) is 20.7 Å². The number of anilines is 1. The highest BCUT2D eigenvalue weighted by Gasteiger charge is 2.15. The Balaban J connectivity index is 1.92. The first-order valence-corrected chi connectivity index (χ1v) is 8.12. The number of benzene rings is 1. The first-order valence-electron chi connectivity index (χ1n) is 6.99. The van der Waals surface area contributed by atoms with E-state index in [-0.39, 0.29) is 21.4 Å². The van der Waals surface area contributed by atoms with E-state index < -0.39 is 30.7 Å². The number of esters is 1. The van der Waals surface area contributed by atoms with Crippen molar-refractivity contribution in [3.8, 4) is 0 Å². The zero-order valence-electron chi connectivity index (χ0n) is 12.9. The standard InChI is InChI=1S/C16H12Cl3FN2O3/c1-8-11(18)6-12(19)16(21-8)22-14(23)7-25-15(24)5-9-10(17)3-2-4-13(9)20/h2-4,6H,5,7H2,1H3,(H,21,22,23). The fraction of sp³-hybridized carbons (Fsp3) is 0.188. The normalized spacial score (nSPS) is 10.4. The minimum atomic E-state index is -0.798. The Bertz CT molecular complexity index is 810. The van der Waals surface area contributed by atoms with Crippen molar-refractivity contribution in [1.29, 1.82) is 0 Å². The number of halogens is 4. The summed E-state index contributed by atoms with van der Waals surface area (Å²) in [4.78, 5) is 27.6. The average Bonchev–Trinajstić information content (AvgIpc) is 2.54. The maximum absolute atomic E-state index is 13.6. The monoisotopic (exact) mass is 404 g/mol. The molecule has 0 radical (unpaired) electrons. The zero-order valence-corrected chi connectivity index (χ0v) is 15.2. The van der Waals surface area contributed by atoms with Gasteiger partial charge in [0.15, 0.2) is 12.4 Å². The van der Waals surface area contributed by atoms with Crippen molar-refractivity contribution in [1.82, 2.24) is 4.98 Å². The second kappa shape index (κ2) is 8.47. The summed E-state index contributed by atoms with van der Waals surface area (Å²) in [5.41, 5.74) is 0.486. The molecule has 0 bridgehead atoms. The van der Waals surface area contributed by atoms with Crippen LogP contribution >= 0.6 is 34.8 Å². The number of ether oxygens (including phenoxy) is 1. The van der Waals surface area contributed by atoms with Gasteiger partial charge in [-0.05, 0) is 25.1 Å². The van der Waals surface area contributed by atoms with Crippen LogP contribution in [0.3, 0.4) is 0 Å². The molecule has 0 fully saturated rings. The van der Waals surface area contributed by atoms with Gasteiger partial charge in [0.05, 0.1) is 22.2 Å². The third-order valence-corrected chi connectivity index (χ3v) is 4.13. The molecule has 9 heteroatoms. The van der Waals surface area contributed by atoms with Crippen LogP contribution in [0, 0.1) is 12.7 Å². The lowest BCUT2D eigenvalue weighted by Crippen LogP contribution is -2.22. The third kappa shape index (κ3) is 5.29. The average molecular weight is 406 g/mol. The van der Waals surface area contributed by atoms with Crippen LogP contribution in [0.2, 0.25) is 15.1 Å². The topological polar surface area (TPSA) is 68.3 Å². The Morgan fingerprint density at radius 1 is 1.20 bits per heavy atom. The predicted octanol–water partition coefficient (Wildman–Crippen LogP) is 4.21. The first kappa shape index (κ1) is 19.4. The Kier molecular flexibility index (Phi) is 6.58. The summed E-state index contributed by atoms with van der Waals surface area (Å²) < 4.78 is 18.4. The van der Waals surface area contributed by atoms with E-state index in [2.05, 4.69) is 10.3 Å². The fourth-order valence-corrected chi connectivity index (χ4v) is 2.49. The molecular formula is C16H12Cl3FN2O3. The van der Waals surface area contributed by atoms with Gasteiger partial charge in [-0.25, -0.2) is 9.37 Å². The lowest BCUT2D eigenvalue weighted by molar-refractivity contribution is -0.146. The maximum atomic E-state index is 13.6. The van der Waals surface area contributed by atoms with Crippen molar-refractivity contribution < 1.29 is 18.7 Å². The molecule has 132 valence electrons. The smallest absolute Gasteiger partial charge is 0.310 e. The Morgan fingerprint density at radius 2 is 1.92 bits per heavy atom. The molecule has 0 aliphatic rings. The second-order valence-corrected chi connectivity index (χ2v) is 6.19. The van der Waals surface area contributed by atoms with Gasteiger partial charge in [-0.1, -0.05) is 40.9 Å². The quantitative estimate of drug-likeness (QED) is 0.757. The molecule has 5 nitrogen and oxygen atoms in total. The predicted molar refractivity (Wildman–Crippen MR) is 93.7 cm³/mol. The summed E-state index contributed by atoms with van der Waals surface area (Å²) in [5, 5.41) is 3.01. The first-order chi connectivity index (χ1) is 11.8. The summed E-state index contributed by atoms with van der Waals surface area (Å²) >= 11 is 17.6. The van der Waals surface area contributed by atoms with Gasteiger partial charge in [0, 0.05) is 10.6 Å². The lowest BCUT2D eigenvalue weighted by atomic mass is 10.1. The van der Waals surface area contributed by atoms with Crippen molar-refractivity contribution >= 4 is 52.5 Å². The number of hydrogen-bond donors (Lipinski definition) is 1. The van der Waals surface area contributed by atoms with E-state index >= 15 is 0 Å². The van der Waals surface area contributed by atoms with E-state index in [9.17, 15) is 14.0 Å². The van der Waals surface area contributed by atoms with Crippen LogP contribution in [0.4, 0.5) is 10.2 Å². The minimum absolute atomic E-state index is 0.00705. The Labute approximate surface area is 158 Å². The molecule has 2 rings (SSSR count). The molecule has 0 spiro atoms. The third-order valence-electron chi connectivity index (χ3n) is 3.11. The summed E-state index contributed by atoms with van der Waals surface area (Å²) in [6.07, 6.45) is -0.391. The molecular weight excluding hydrogens is 394 g/mol. The van der Waals surface area contributed by atoms with Crippen LogP contribution in [0.5, 0.6) is 0 Å². The molecule has 1 heterocycles. The highest BCUT2D eigenvalue weighted by molar-refractivity contribution is 6.36. The zero-order chi connectivity index (χ0) is 18.6. The summed E-state index contributed by atoms with van der Waals surface area (Å²) in [6.45, 7) is 1.07. The maximum Gasteiger partial charge on any atom is 0.310 e. The van der Waals surface area contributed by atoms with Gasteiger partial charge in [-0.15, -0.1) is 0 Å². The molecule has 0 aliphatic carbocycles. The Hall–Kier alpha value is -1.89. The molecule has 1 aromatic heterocycles. The van der Waals surface area contributed by atoms with Crippen molar-refractivity contribution in [2.24, 2.45) is 0 Å². The van der Waals surface area contributed by atoms with Gasteiger partial charge in [0.2, 0.25) is 0 Å². The molecule has 0 saturated carbocycles. The number of aromatic nitrogens is 1. The summed E-state index contributed by atoms with van der Waals surface area (Å²) in [6, 6.07) is 5.49. The van der Waals surface area contributed by atoms with Gasteiger partial charge >= 0.3 is 5.97 Å². The Morgan fingerprint density at radius 3 is 2.60 bits per heavy atom. The van der Waals surface area contributed by atoms with E-state index in [4.69, 9.17) is 39.5 Å². The van der Waals surface area contributed by atoms with E-state index in [1.54, 1.807) is 6.92 Å². The number of pyridine rings is 1. The molecule has 1 N–H and O–H groups in total. The largest absolute Gasteiger partial charge is 0.455 e. The van der Waals surface area contributed by atoms with Gasteiger partial charge < -0.3 is 10.1 Å². The molecule has 0 saturated heterocycles. The van der Waals surface area contributed by atoms with Crippen molar-refractivity contribution in [2.75, 3.05) is 11.9 Å². The highest BCUT2D eigenvalue weighted by atomic mass is 35.5. The fourth-order valence-electron chi connectivity index (χ4n) is 1.86. The number of hydrogen-bond acceptors (Lipinski definition) is 4. The summed E-state index contributed by atoms with van der Waals surface area (Å²) in [7, 11) is 0. The summed E-state index contributed by atoms with van der Waals surface area (Å²) in [5.74, 6) is -1.97. The van der Waals surface area contributed by atoms with Crippen LogP contribution in [0.15, 0.2) is 24.3 Å². The number of carbonyl (C=O) groups excluding carboxylic acids is 2. The highest BCUT2D eigenvalue weighted by Crippen LogP contribution is 2.25. The minimum Gasteiger partial charge on any atom is -0.455 e. The molecule has 0 unspecified atom stereocenters. The van der Waals surface area contributed by atoms with Crippen molar-refractivity contribution in [2.45, 2.75) is 13.3 Å². The molecule has 25 heavy (non-hydrogen) atoms. The number of nitrogens with one attached hydrogen (secondary N) is 1. The van der Waals surface area contributed by atoms with E-state index in [1.165, 1.54) is 24.3 Å². The van der Waals surface area contributed by atoms with Crippen LogP contribution in [0.1, 0.15) is 11.3 Å². The van der Waals surface area contributed by atoms with E-state index in [1.807, 2.05) is 0 Å². The molecule has 0 aliphatic heterocycles. The molecule has 0 atom stereocenters. The van der Waals surface area contributed by atoms with Crippen LogP contribution in [-0.4, -0.2) is 23.5 Å². The number of carbonyl (C=O) groups is 2. The number of aryl methyl sites for hydroxylation is 1. The van der Waals surface area contributed by atoms with Gasteiger partial charge in [0.25, 0.3) is 5.91 Å². The number of rotatable bonds is 5. The number of nitrogens with zero attached hydrogens (tertiary/aromatic N) is 1. The van der Waals surface area contributed by atoms with Gasteiger partial charge in [0.1, 0.15) is 5.82 Å². The van der Waals surface area contributed by atoms with Crippen LogP contribution < -0.4 is 5.32 Å². The van der Waals surface area contributed by atoms with E-state index in [0.717, 1.165) is 0 Å². The lowest BCUT2D eigenvalue weighted by Gasteiger charge is -2.09. The van der Waals surface area contributed by atoms with Crippen molar-refractivity contribution in [3.05, 3.63) is 56.4 Å². The number of amides is 1. The van der Waals surface area contributed by atoms with Crippen LogP contribution in [0.25, 0.3) is 0 Å². The van der Waals surface area contributed by atoms with Crippen molar-refractivity contribution in [3.63, 3.8) is 0 Å². The molecule has 2 aromatic rings. The molecule has 1 aromatic carbocycles. The second-order valence-electron chi connectivity index (χ2n) is 4.97.